The molecule has 124 valence electrons. The predicted octanol–water partition coefficient (Wildman–Crippen LogP) is 3.59. The molecule has 2 aromatic carbocycles. The molecule has 1 aliphatic heterocycles. The van der Waals surface area contributed by atoms with E-state index < -0.39 is 0 Å². The predicted molar refractivity (Wildman–Crippen MR) is 97.4 cm³/mol. The monoisotopic (exact) mass is 386 g/mol. The molecule has 24 heavy (non-hydrogen) atoms. The maximum Gasteiger partial charge on any atom is 0.162 e. The number of hydrogen-bond acceptors (Lipinski definition) is 4. The molecule has 1 atom stereocenters. The van der Waals surface area contributed by atoms with Crippen LogP contribution in [-0.4, -0.2) is 20.2 Å². The Balaban J connectivity index is 1.71. The van der Waals surface area contributed by atoms with E-state index in [1.807, 2.05) is 25.2 Å². The van der Waals surface area contributed by atoms with Crippen molar-refractivity contribution in [3.05, 3.63) is 69.7 Å². The third-order valence-corrected chi connectivity index (χ3v) is 4.95. The van der Waals surface area contributed by atoms with Gasteiger partial charge < -0.3 is 10.1 Å². The molecule has 5 heteroatoms. The third kappa shape index (κ3) is 2.62. The van der Waals surface area contributed by atoms with Crippen LogP contribution in [0.3, 0.4) is 0 Å². The Morgan fingerprint density at radius 2 is 2.04 bits per heavy atom. The highest BCUT2D eigenvalue weighted by molar-refractivity contribution is 9.10. The smallest absolute Gasteiger partial charge is 0.162 e. The molecule has 2 aromatic rings. The average Bonchev–Trinajstić information content (AvgIpc) is 3.34. The molecule has 1 saturated carbocycles. The molecule has 0 radical (unpaired) electrons. The average molecular weight is 387 g/mol. The van der Waals surface area contributed by atoms with Gasteiger partial charge >= 0.3 is 0 Å². The number of benzene rings is 2. The van der Waals surface area contributed by atoms with Crippen LogP contribution in [-0.2, 0) is 10.4 Å². The van der Waals surface area contributed by atoms with Crippen molar-refractivity contribution in [3.8, 4) is 5.75 Å². The van der Waals surface area contributed by atoms with Crippen LogP contribution in [0.2, 0.25) is 0 Å². The van der Waals surface area contributed by atoms with Gasteiger partial charge in [-0.1, -0.05) is 46.3 Å². The summed E-state index contributed by atoms with van der Waals surface area (Å²) >= 11 is 3.53. The Morgan fingerprint density at radius 1 is 1.21 bits per heavy atom. The van der Waals surface area contributed by atoms with Gasteiger partial charge in [0.1, 0.15) is 5.75 Å². The van der Waals surface area contributed by atoms with Crippen molar-refractivity contribution in [2.75, 3.05) is 20.2 Å². The minimum absolute atomic E-state index is 0.357. The van der Waals surface area contributed by atoms with Crippen LogP contribution in [0.15, 0.2) is 58.6 Å². The molecule has 4 nitrogen and oxygen atoms in total. The van der Waals surface area contributed by atoms with E-state index in [4.69, 9.17) is 9.57 Å². The lowest BCUT2D eigenvalue weighted by atomic mass is 10.0. The Labute approximate surface area is 149 Å². The van der Waals surface area contributed by atoms with Gasteiger partial charge in [0.15, 0.2) is 5.60 Å². The van der Waals surface area contributed by atoms with E-state index in [2.05, 4.69) is 57.1 Å². The van der Waals surface area contributed by atoms with Crippen LogP contribution in [0, 0.1) is 0 Å². The molecule has 0 spiro atoms. The van der Waals surface area contributed by atoms with Gasteiger partial charge in [0, 0.05) is 34.1 Å². The van der Waals surface area contributed by atoms with Crippen molar-refractivity contribution in [2.45, 2.75) is 12.0 Å². The third-order valence-electron chi connectivity index (χ3n) is 4.46. The fourth-order valence-corrected chi connectivity index (χ4v) is 3.51. The Hall–Kier alpha value is -1.82. The second-order valence-corrected chi connectivity index (χ2v) is 6.94. The van der Waals surface area contributed by atoms with Gasteiger partial charge in [-0.3, -0.25) is 10.3 Å². The van der Waals surface area contributed by atoms with Crippen molar-refractivity contribution < 1.29 is 9.57 Å². The highest BCUT2D eigenvalue weighted by atomic mass is 79.9. The molecule has 1 fully saturated rings. The summed E-state index contributed by atoms with van der Waals surface area (Å²) in [4.78, 5) is 5.64. The van der Waals surface area contributed by atoms with E-state index in [0.29, 0.717) is 6.61 Å². The maximum absolute atomic E-state index is 6.42. The first-order chi connectivity index (χ1) is 11.7. The van der Waals surface area contributed by atoms with E-state index in [1.165, 1.54) is 11.1 Å². The first kappa shape index (κ1) is 15.7. The van der Waals surface area contributed by atoms with Gasteiger partial charge in [0.05, 0.1) is 12.3 Å². The van der Waals surface area contributed by atoms with Gasteiger partial charge in [0.25, 0.3) is 0 Å². The number of hydroxylamine groups is 1. The summed E-state index contributed by atoms with van der Waals surface area (Å²) in [5, 5.41) is 3.08. The second kappa shape index (κ2) is 6.24. The highest BCUT2D eigenvalue weighted by Gasteiger charge is 2.58. The Kier molecular flexibility index (Phi) is 4.08. The van der Waals surface area contributed by atoms with Crippen molar-refractivity contribution in [1.82, 2.24) is 10.8 Å². The van der Waals surface area contributed by atoms with Crippen LogP contribution in [0.1, 0.15) is 17.5 Å². The highest BCUT2D eigenvalue weighted by Crippen LogP contribution is 2.61. The Morgan fingerprint density at radius 3 is 2.83 bits per heavy atom. The Bertz CT molecular complexity index is 791. The molecule has 0 amide bonds. The maximum atomic E-state index is 6.42. The number of nitrogens with one attached hydrogen (secondary N) is 2. The van der Waals surface area contributed by atoms with Crippen LogP contribution in [0.5, 0.6) is 5.75 Å². The molecular weight excluding hydrogens is 368 g/mol. The number of fused-ring (bicyclic) bond motifs is 2. The van der Waals surface area contributed by atoms with E-state index in [0.717, 1.165) is 34.4 Å². The van der Waals surface area contributed by atoms with Gasteiger partial charge in [-0.2, -0.15) is 0 Å². The molecule has 0 saturated heterocycles. The number of ether oxygens (including phenoxy) is 1. The fraction of sp³-hybridized carbons (Fsp3) is 0.263. The molecule has 1 unspecified atom stereocenters. The SMILES string of the molecule is CNCCONC1=C2CC2(c2ccccc2)Oc2cc(Br)ccc21. The first-order valence-electron chi connectivity index (χ1n) is 8.05. The van der Waals surface area contributed by atoms with Crippen LogP contribution in [0.4, 0.5) is 0 Å². The molecule has 2 aliphatic rings. The number of rotatable bonds is 6. The van der Waals surface area contributed by atoms with E-state index >= 15 is 0 Å². The quantitative estimate of drug-likeness (QED) is 0.587. The number of hydrogen-bond donors (Lipinski definition) is 2. The van der Waals surface area contributed by atoms with Crippen LogP contribution in [0.25, 0.3) is 5.70 Å². The lowest BCUT2D eigenvalue weighted by Gasteiger charge is -2.26. The molecule has 0 aromatic heterocycles. The number of halogens is 1. The lowest BCUT2D eigenvalue weighted by Crippen LogP contribution is -2.26. The fourth-order valence-electron chi connectivity index (χ4n) is 3.17. The van der Waals surface area contributed by atoms with Gasteiger partial charge in [0.2, 0.25) is 0 Å². The largest absolute Gasteiger partial charge is 0.477 e. The van der Waals surface area contributed by atoms with E-state index in [1.54, 1.807) is 0 Å². The van der Waals surface area contributed by atoms with E-state index in [9.17, 15) is 0 Å². The second-order valence-electron chi connectivity index (χ2n) is 6.02. The van der Waals surface area contributed by atoms with Crippen LogP contribution < -0.4 is 15.5 Å². The first-order valence-corrected chi connectivity index (χ1v) is 8.84. The normalized spacial score (nSPS) is 20.9. The summed E-state index contributed by atoms with van der Waals surface area (Å²) in [7, 11) is 1.91. The summed E-state index contributed by atoms with van der Waals surface area (Å²) in [6, 6.07) is 16.5. The lowest BCUT2D eigenvalue weighted by molar-refractivity contribution is 0.0794. The van der Waals surface area contributed by atoms with Crippen molar-refractivity contribution in [1.29, 1.82) is 0 Å². The molecular formula is C19H19BrN2O2. The summed E-state index contributed by atoms with van der Waals surface area (Å²) in [5.41, 5.74) is 7.30. The molecule has 4 rings (SSSR count). The molecule has 1 aliphatic carbocycles. The van der Waals surface area contributed by atoms with Gasteiger partial charge in [-0.05, 0) is 25.2 Å². The molecule has 2 N–H and O–H groups in total. The van der Waals surface area contributed by atoms with Gasteiger partial charge in [-0.15, -0.1) is 0 Å². The topological polar surface area (TPSA) is 42.5 Å². The zero-order valence-electron chi connectivity index (χ0n) is 13.4. The summed E-state index contributed by atoms with van der Waals surface area (Å²) in [5.74, 6) is 0.870. The van der Waals surface area contributed by atoms with Crippen LogP contribution >= 0.6 is 15.9 Å². The van der Waals surface area contributed by atoms with Crippen molar-refractivity contribution >= 4 is 21.6 Å². The standard InChI is InChI=1S/C19H19BrN2O2/c1-21-9-10-23-22-18-15-8-7-14(20)11-17(15)24-19(12-16(18)19)13-5-3-2-4-6-13/h2-8,11,21-22H,9-10,12H2,1H3. The summed E-state index contributed by atoms with van der Waals surface area (Å²) in [6.45, 7) is 1.39. The van der Waals surface area contributed by atoms with E-state index in [-0.39, 0.29) is 5.60 Å². The minimum Gasteiger partial charge on any atom is -0.477 e. The van der Waals surface area contributed by atoms with Crippen molar-refractivity contribution in [3.63, 3.8) is 0 Å². The molecule has 0 bridgehead atoms. The number of likely N-dealkylation sites (N-methyl/N-ethyl adjacent to an activating group) is 1. The zero-order valence-corrected chi connectivity index (χ0v) is 15.0. The van der Waals surface area contributed by atoms with Crippen molar-refractivity contribution in [2.24, 2.45) is 0 Å². The summed E-state index contributed by atoms with van der Waals surface area (Å²) in [6.07, 6.45) is 0.876. The zero-order chi connectivity index (χ0) is 16.6. The molecule has 1 heterocycles. The summed E-state index contributed by atoms with van der Waals surface area (Å²) < 4.78 is 7.43. The minimum atomic E-state index is -0.357. The van der Waals surface area contributed by atoms with Gasteiger partial charge in [-0.25, -0.2) is 0 Å².